The van der Waals surface area contributed by atoms with Crippen LogP contribution in [0.1, 0.15) is 99.4 Å². The van der Waals surface area contributed by atoms with Crippen LogP contribution in [-0.2, 0) is 15.6 Å². The van der Waals surface area contributed by atoms with Crippen molar-refractivity contribution >= 4 is 35.1 Å². The molecule has 4 heteroatoms. The summed E-state index contributed by atoms with van der Waals surface area (Å²) in [5.74, 6) is -0.553. The van der Waals surface area contributed by atoms with E-state index >= 15 is 0 Å². The van der Waals surface area contributed by atoms with Crippen molar-refractivity contribution in [1.29, 1.82) is 0 Å². The first-order valence-corrected chi connectivity index (χ1v) is 34.2. The Labute approximate surface area is 292 Å². The van der Waals surface area contributed by atoms with Gasteiger partial charge in [-0.3, -0.25) is 0 Å². The topological polar surface area (TPSA) is 0 Å². The van der Waals surface area contributed by atoms with Crippen LogP contribution in [0.4, 0.5) is 0 Å². The van der Waals surface area contributed by atoms with Crippen molar-refractivity contribution in [3.8, 4) is 22.3 Å². The Hall–Kier alpha value is -1.96. The summed E-state index contributed by atoms with van der Waals surface area (Å²) in [5.41, 5.74) is 16.2. The summed E-state index contributed by atoms with van der Waals surface area (Å²) in [6.07, 6.45) is 11.7. The van der Waals surface area contributed by atoms with Crippen LogP contribution in [0.3, 0.4) is 0 Å². The van der Waals surface area contributed by atoms with Crippen LogP contribution in [0, 0.1) is 12.8 Å². The molecular formula is C43H49Cl2SiZr. The van der Waals surface area contributed by atoms with Crippen molar-refractivity contribution in [3.05, 3.63) is 129 Å². The van der Waals surface area contributed by atoms with E-state index in [-0.39, 0.29) is 7.25 Å². The minimum atomic E-state index is -4.82. The number of rotatable bonds is 7. The van der Waals surface area contributed by atoms with Gasteiger partial charge in [-0.1, -0.05) is 0 Å². The third-order valence-corrected chi connectivity index (χ3v) is 63.9. The monoisotopic (exact) mass is 753 g/mol. The zero-order valence-electron chi connectivity index (χ0n) is 28.9. The van der Waals surface area contributed by atoms with E-state index in [4.69, 9.17) is 17.0 Å². The van der Waals surface area contributed by atoms with E-state index in [1.165, 1.54) is 98.9 Å². The first-order chi connectivity index (χ1) is 22.5. The second-order valence-electron chi connectivity index (χ2n) is 15.3. The van der Waals surface area contributed by atoms with Gasteiger partial charge in [0.05, 0.1) is 0 Å². The Balaban J connectivity index is 1.38. The zero-order valence-corrected chi connectivity index (χ0v) is 34.0. The van der Waals surface area contributed by atoms with Gasteiger partial charge in [-0.25, -0.2) is 0 Å². The van der Waals surface area contributed by atoms with E-state index in [1.807, 2.05) is 0 Å². The number of benzene rings is 4. The number of fused-ring (bicyclic) bond motifs is 2. The number of halogens is 2. The average Bonchev–Trinajstić information content (AvgIpc) is 3.66. The van der Waals surface area contributed by atoms with E-state index in [0.29, 0.717) is 11.8 Å². The van der Waals surface area contributed by atoms with E-state index < -0.39 is 21.5 Å². The van der Waals surface area contributed by atoms with Crippen molar-refractivity contribution in [3.63, 3.8) is 0 Å². The predicted octanol–water partition coefficient (Wildman–Crippen LogP) is 13.6. The van der Waals surface area contributed by atoms with Gasteiger partial charge in [-0.2, -0.15) is 0 Å². The molecule has 4 aromatic carbocycles. The fourth-order valence-electron chi connectivity index (χ4n) is 9.40. The van der Waals surface area contributed by atoms with E-state index in [9.17, 15) is 0 Å². The Morgan fingerprint density at radius 3 is 2.00 bits per heavy atom. The molecule has 243 valence electrons. The van der Waals surface area contributed by atoms with Gasteiger partial charge in [0.15, 0.2) is 0 Å². The molecule has 0 heterocycles. The van der Waals surface area contributed by atoms with E-state index in [0.717, 1.165) is 0 Å². The van der Waals surface area contributed by atoms with Crippen LogP contribution in [0.5, 0.6) is 0 Å². The summed E-state index contributed by atoms with van der Waals surface area (Å²) in [4.78, 5) is 0. The number of hydrogen-bond donors (Lipinski definition) is 0. The molecule has 1 saturated carbocycles. The summed E-state index contributed by atoms with van der Waals surface area (Å²) < 4.78 is 0.198. The van der Waals surface area contributed by atoms with Gasteiger partial charge in [0.2, 0.25) is 0 Å². The first-order valence-electron chi connectivity index (χ1n) is 17.9. The summed E-state index contributed by atoms with van der Waals surface area (Å²) in [6, 6.07) is 31.9. The van der Waals surface area contributed by atoms with Crippen LogP contribution in [0.15, 0.2) is 96.1 Å². The fraction of sp³-hybridized carbons (Fsp3) is 0.349. The summed E-state index contributed by atoms with van der Waals surface area (Å²) >= 11 is -4.82. The molecule has 0 N–H and O–H groups in total. The molecule has 3 aliphatic carbocycles. The maximum absolute atomic E-state index is 8.66. The molecule has 0 radical (unpaired) electrons. The molecule has 4 aromatic rings. The van der Waals surface area contributed by atoms with E-state index in [2.05, 4.69) is 138 Å². The number of aryl methyl sites for hydroxylation is 1. The van der Waals surface area contributed by atoms with Crippen molar-refractivity contribution in [2.45, 2.75) is 86.1 Å². The fourth-order valence-corrected chi connectivity index (χ4v) is 41.6. The number of hydrogen-bond acceptors (Lipinski definition) is 0. The summed E-state index contributed by atoms with van der Waals surface area (Å²) in [7, 11) is 17.3. The van der Waals surface area contributed by atoms with Crippen molar-refractivity contribution < 1.29 is 15.6 Å². The van der Waals surface area contributed by atoms with Crippen LogP contribution in [0.2, 0.25) is 13.1 Å². The molecule has 2 unspecified atom stereocenters. The van der Waals surface area contributed by atoms with Crippen molar-refractivity contribution in [1.82, 2.24) is 0 Å². The molecule has 47 heavy (non-hydrogen) atoms. The van der Waals surface area contributed by atoms with Gasteiger partial charge in [0, 0.05) is 0 Å². The molecular weight excluding hydrogens is 707 g/mol. The Morgan fingerprint density at radius 1 is 0.681 bits per heavy atom. The second-order valence-corrected chi connectivity index (χ2v) is 57.8. The molecule has 0 spiro atoms. The van der Waals surface area contributed by atoms with Gasteiger partial charge >= 0.3 is 294 Å². The van der Waals surface area contributed by atoms with Gasteiger partial charge in [-0.15, -0.1) is 0 Å². The van der Waals surface area contributed by atoms with Gasteiger partial charge in [-0.05, 0) is 0 Å². The normalized spacial score (nSPS) is 20.5. The van der Waals surface area contributed by atoms with Crippen molar-refractivity contribution in [2.24, 2.45) is 5.92 Å². The van der Waals surface area contributed by atoms with Crippen molar-refractivity contribution in [2.75, 3.05) is 0 Å². The second kappa shape index (κ2) is 12.7. The summed E-state index contributed by atoms with van der Waals surface area (Å²) in [6.45, 7) is 14.2. The molecule has 2 atom stereocenters. The third-order valence-electron chi connectivity index (χ3n) is 12.0. The van der Waals surface area contributed by atoms with Gasteiger partial charge < -0.3 is 0 Å². The van der Waals surface area contributed by atoms with E-state index in [1.54, 1.807) is 0 Å². The molecule has 0 aliphatic heterocycles. The molecule has 7 rings (SSSR count). The maximum atomic E-state index is 8.66. The third kappa shape index (κ3) is 5.49. The van der Waals surface area contributed by atoms with Crippen LogP contribution in [0.25, 0.3) is 34.4 Å². The Kier molecular flexibility index (Phi) is 9.09. The first kappa shape index (κ1) is 33.5. The predicted molar refractivity (Wildman–Crippen MR) is 207 cm³/mol. The van der Waals surface area contributed by atoms with Gasteiger partial charge in [0.25, 0.3) is 0 Å². The van der Waals surface area contributed by atoms with Crippen LogP contribution in [-0.4, -0.2) is 5.92 Å². The molecule has 0 amide bonds. The molecule has 3 aliphatic rings. The zero-order chi connectivity index (χ0) is 33.1. The molecule has 1 fully saturated rings. The van der Waals surface area contributed by atoms with Crippen LogP contribution >= 0.6 is 17.0 Å². The minimum absolute atomic E-state index is 0.0987. The Bertz CT molecular complexity index is 1880. The number of allylic oxidation sites excluding steroid dienone is 2. The Morgan fingerprint density at radius 2 is 1.34 bits per heavy atom. The molecule has 0 nitrogen and oxygen atoms in total. The molecule has 0 aromatic heterocycles. The average molecular weight is 756 g/mol. The SMILES string of the molecule is CC1=Cc2c(-c3ccccc3)ccc(C)c2[CH]1[Zr]([Cl])([Cl])([CH]1C(C(C)C)=Cc2c(-c3ccc(C4CCCCC4)cc3)cccc21)[SiH](C)C. The quantitative estimate of drug-likeness (QED) is 0.165. The molecule has 0 saturated heterocycles. The molecule has 0 bridgehead atoms. The van der Waals surface area contributed by atoms with Crippen LogP contribution < -0.4 is 0 Å². The summed E-state index contributed by atoms with van der Waals surface area (Å²) in [5, 5.41) is 0. The van der Waals surface area contributed by atoms with Gasteiger partial charge in [0.1, 0.15) is 0 Å². The standard InChI is InChI=1S/C24H27.C17H15.C2H7Si.2ClH.Zr/c1-17(2)22-15-21-9-6-10-23(24(21)16-22)20-13-11-19(12-14-20)18-7-4-3-5-8-18;1-12-10-16-13(2)8-9-15(17(16)11-12)14-6-4-3-5-7-14;1-3-2;;;/h6,9-18H,3-5,7-8H2,1-2H3;3-11H,1-2H3;3H,1-2H3;2*1H;/q;;;;;+2/p-2.